The van der Waals surface area contributed by atoms with Crippen LogP contribution < -0.4 is 4.74 Å². The highest BCUT2D eigenvalue weighted by Crippen LogP contribution is 2.36. The van der Waals surface area contributed by atoms with Crippen molar-refractivity contribution in [3.05, 3.63) is 113 Å². The molecular formula is C29H20F4O4. The van der Waals surface area contributed by atoms with Gasteiger partial charge in [-0.25, -0.2) is 22.4 Å². The smallest absolute Gasteiger partial charge is 0.346 e. The van der Waals surface area contributed by atoms with Gasteiger partial charge in [0.15, 0.2) is 23.3 Å². The number of aliphatic hydroxyl groups excluding tert-OH is 1. The van der Waals surface area contributed by atoms with Gasteiger partial charge in [-0.15, -0.1) is 0 Å². The number of hydrogen-bond acceptors (Lipinski definition) is 4. The molecule has 0 radical (unpaired) electrons. The van der Waals surface area contributed by atoms with Crippen molar-refractivity contribution in [2.24, 2.45) is 0 Å². The lowest BCUT2D eigenvalue weighted by Crippen LogP contribution is -2.12. The Morgan fingerprint density at radius 2 is 1.35 bits per heavy atom. The fourth-order valence-corrected chi connectivity index (χ4v) is 4.00. The van der Waals surface area contributed by atoms with Crippen LogP contribution in [0.2, 0.25) is 0 Å². The van der Waals surface area contributed by atoms with Crippen LogP contribution in [0.25, 0.3) is 22.3 Å². The average molecular weight is 508 g/mol. The topological polar surface area (TPSA) is 59.1 Å². The predicted octanol–water partition coefficient (Wildman–Crippen LogP) is 6.92. The zero-order valence-electron chi connectivity index (χ0n) is 19.5. The van der Waals surface area contributed by atoms with Crippen molar-refractivity contribution in [3.63, 3.8) is 0 Å². The second kappa shape index (κ2) is 9.80. The standard InChI is InChI=1S/C29H20F4O4/c1-15(34)16-2-4-17(5-3-16)21-11-13-23(28(33)26(21)31)29(35)37-19-8-6-18(7-9-19)20-10-12-22(24-14-36-24)27(32)25(20)30/h2-13,15,24,34H,14H2,1H3. The van der Waals surface area contributed by atoms with E-state index in [4.69, 9.17) is 9.47 Å². The second-order valence-electron chi connectivity index (χ2n) is 8.65. The average Bonchev–Trinajstić information content (AvgIpc) is 3.73. The van der Waals surface area contributed by atoms with E-state index >= 15 is 0 Å². The second-order valence-corrected chi connectivity index (χ2v) is 8.65. The van der Waals surface area contributed by atoms with Gasteiger partial charge < -0.3 is 14.6 Å². The van der Waals surface area contributed by atoms with Crippen molar-refractivity contribution in [2.75, 3.05) is 6.61 Å². The fourth-order valence-electron chi connectivity index (χ4n) is 4.00. The minimum atomic E-state index is -1.36. The van der Waals surface area contributed by atoms with Crippen molar-refractivity contribution in [1.82, 2.24) is 0 Å². The number of rotatable bonds is 6. The number of ether oxygens (including phenoxy) is 2. The molecule has 1 saturated heterocycles. The van der Waals surface area contributed by atoms with Crippen LogP contribution in [0, 0.1) is 23.3 Å². The van der Waals surface area contributed by atoms with E-state index in [9.17, 15) is 27.5 Å². The molecule has 1 N–H and O–H groups in total. The summed E-state index contributed by atoms with van der Waals surface area (Å²) in [4.78, 5) is 12.5. The van der Waals surface area contributed by atoms with Crippen molar-refractivity contribution in [3.8, 4) is 28.0 Å². The highest BCUT2D eigenvalue weighted by Gasteiger charge is 2.30. The quantitative estimate of drug-likeness (QED) is 0.133. The Morgan fingerprint density at radius 3 is 1.92 bits per heavy atom. The number of carbonyl (C=O) groups is 1. The molecular weight excluding hydrogens is 488 g/mol. The maximum absolute atomic E-state index is 14.8. The van der Waals surface area contributed by atoms with Gasteiger partial charge in [-0.2, -0.15) is 0 Å². The Bertz CT molecular complexity index is 1480. The van der Waals surface area contributed by atoms with Crippen LogP contribution >= 0.6 is 0 Å². The largest absolute Gasteiger partial charge is 0.423 e. The summed E-state index contributed by atoms with van der Waals surface area (Å²) in [5, 5.41) is 9.61. The third-order valence-corrected chi connectivity index (χ3v) is 6.17. The van der Waals surface area contributed by atoms with Crippen molar-refractivity contribution in [1.29, 1.82) is 0 Å². The van der Waals surface area contributed by atoms with Gasteiger partial charge in [0.1, 0.15) is 11.9 Å². The first-order valence-electron chi connectivity index (χ1n) is 11.4. The number of aliphatic hydroxyl groups is 1. The summed E-state index contributed by atoms with van der Waals surface area (Å²) in [6.07, 6.45) is -1.13. The molecule has 4 nitrogen and oxygen atoms in total. The SMILES string of the molecule is CC(O)c1ccc(-c2ccc(C(=O)Oc3ccc(-c4ccc(C5CO5)c(F)c4F)cc3)c(F)c2F)cc1. The Kier molecular flexibility index (Phi) is 6.54. The monoisotopic (exact) mass is 508 g/mol. The van der Waals surface area contributed by atoms with Crippen LogP contribution in [-0.4, -0.2) is 17.7 Å². The van der Waals surface area contributed by atoms with E-state index in [0.717, 1.165) is 6.07 Å². The summed E-state index contributed by atoms with van der Waals surface area (Å²) in [5.74, 6) is -5.68. The van der Waals surface area contributed by atoms with Gasteiger partial charge in [-0.05, 0) is 41.8 Å². The number of halogens is 4. The number of carbonyl (C=O) groups excluding carboxylic acids is 1. The van der Waals surface area contributed by atoms with Gasteiger partial charge in [0.25, 0.3) is 0 Å². The molecule has 2 unspecified atom stereocenters. The van der Waals surface area contributed by atoms with E-state index in [1.807, 2.05) is 0 Å². The van der Waals surface area contributed by atoms with Gasteiger partial charge in [-0.3, -0.25) is 0 Å². The molecule has 37 heavy (non-hydrogen) atoms. The Balaban J connectivity index is 1.33. The maximum Gasteiger partial charge on any atom is 0.346 e. The lowest BCUT2D eigenvalue weighted by atomic mass is 10.00. The summed E-state index contributed by atoms with van der Waals surface area (Å²) < 4.78 is 68.6. The maximum atomic E-state index is 14.8. The third kappa shape index (κ3) is 4.85. The molecule has 0 aliphatic carbocycles. The molecule has 0 spiro atoms. The zero-order chi connectivity index (χ0) is 26.3. The van der Waals surface area contributed by atoms with E-state index < -0.39 is 47.0 Å². The first kappa shape index (κ1) is 24.7. The summed E-state index contributed by atoms with van der Waals surface area (Å²) in [6.45, 7) is 1.93. The summed E-state index contributed by atoms with van der Waals surface area (Å²) in [5.41, 5.74) is 0.851. The highest BCUT2D eigenvalue weighted by atomic mass is 19.2. The van der Waals surface area contributed by atoms with E-state index in [2.05, 4.69) is 0 Å². The van der Waals surface area contributed by atoms with E-state index in [-0.39, 0.29) is 22.4 Å². The van der Waals surface area contributed by atoms with Gasteiger partial charge >= 0.3 is 5.97 Å². The van der Waals surface area contributed by atoms with Crippen LogP contribution in [0.15, 0.2) is 72.8 Å². The molecule has 0 bridgehead atoms. The Labute approximate surface area is 209 Å². The minimum absolute atomic E-state index is 0.00947. The molecule has 1 aliphatic rings. The minimum Gasteiger partial charge on any atom is -0.423 e. The van der Waals surface area contributed by atoms with Gasteiger partial charge in [0, 0.05) is 16.7 Å². The first-order valence-corrected chi connectivity index (χ1v) is 11.4. The van der Waals surface area contributed by atoms with Crippen molar-refractivity contribution in [2.45, 2.75) is 19.1 Å². The molecule has 0 saturated carbocycles. The molecule has 5 rings (SSSR count). The third-order valence-electron chi connectivity index (χ3n) is 6.17. The first-order chi connectivity index (χ1) is 17.7. The lowest BCUT2D eigenvalue weighted by molar-refractivity contribution is 0.0728. The normalized spacial score (nSPS) is 15.4. The van der Waals surface area contributed by atoms with Crippen molar-refractivity contribution < 1.29 is 36.9 Å². The molecule has 1 aliphatic heterocycles. The highest BCUT2D eigenvalue weighted by molar-refractivity contribution is 5.92. The molecule has 2 atom stereocenters. The van der Waals surface area contributed by atoms with Gasteiger partial charge in [0.05, 0.1) is 18.3 Å². The van der Waals surface area contributed by atoms with Crippen LogP contribution in [0.3, 0.4) is 0 Å². The van der Waals surface area contributed by atoms with E-state index in [1.165, 1.54) is 42.5 Å². The van der Waals surface area contributed by atoms with Crippen LogP contribution in [0.1, 0.15) is 40.6 Å². The number of hydrogen-bond donors (Lipinski definition) is 1. The van der Waals surface area contributed by atoms with Gasteiger partial charge in [-0.1, -0.05) is 54.6 Å². The number of epoxide rings is 1. The zero-order valence-corrected chi connectivity index (χ0v) is 19.5. The molecule has 4 aromatic carbocycles. The van der Waals surface area contributed by atoms with Crippen molar-refractivity contribution >= 4 is 5.97 Å². The number of esters is 1. The molecule has 1 heterocycles. The van der Waals surface area contributed by atoms with Gasteiger partial charge in [0.2, 0.25) is 0 Å². The molecule has 1 fully saturated rings. The van der Waals surface area contributed by atoms with Crippen LogP contribution in [0.4, 0.5) is 17.6 Å². The number of benzene rings is 4. The summed E-state index contributed by atoms with van der Waals surface area (Å²) in [7, 11) is 0. The molecule has 0 amide bonds. The van der Waals surface area contributed by atoms with E-state index in [0.29, 0.717) is 23.3 Å². The molecule has 4 aromatic rings. The summed E-state index contributed by atoms with van der Waals surface area (Å²) in [6, 6.07) is 17.1. The van der Waals surface area contributed by atoms with E-state index in [1.54, 1.807) is 31.2 Å². The Hall–Kier alpha value is -4.01. The fraction of sp³-hybridized carbons (Fsp3) is 0.138. The molecule has 188 valence electrons. The summed E-state index contributed by atoms with van der Waals surface area (Å²) >= 11 is 0. The van der Waals surface area contributed by atoms with Crippen LogP contribution in [-0.2, 0) is 4.74 Å². The predicted molar refractivity (Wildman–Crippen MR) is 128 cm³/mol. The van der Waals surface area contributed by atoms with Crippen LogP contribution in [0.5, 0.6) is 5.75 Å². The lowest BCUT2D eigenvalue weighted by Gasteiger charge is -2.11. The molecule has 8 heteroatoms. The Morgan fingerprint density at radius 1 is 0.811 bits per heavy atom. The molecule has 0 aromatic heterocycles.